The van der Waals surface area contributed by atoms with Crippen molar-refractivity contribution >= 4 is 10.8 Å². The van der Waals surface area contributed by atoms with Gasteiger partial charge in [0, 0.05) is 38.7 Å². The third kappa shape index (κ3) is 5.44. The predicted octanol–water partition coefficient (Wildman–Crippen LogP) is 17.4. The quantitative estimate of drug-likeness (QED) is 0.160. The van der Waals surface area contributed by atoms with E-state index in [0.29, 0.717) is 0 Å². The van der Waals surface area contributed by atoms with Crippen LogP contribution in [-0.4, -0.2) is 0 Å². The van der Waals surface area contributed by atoms with Crippen LogP contribution in [0, 0.1) is 0 Å². The Balaban J connectivity index is 0.948. The zero-order valence-corrected chi connectivity index (χ0v) is 40.7. The third-order valence-electron chi connectivity index (χ3n) is 17.3. The van der Waals surface area contributed by atoms with Gasteiger partial charge < -0.3 is 4.74 Å². The van der Waals surface area contributed by atoms with Gasteiger partial charge in [0.1, 0.15) is 11.5 Å². The minimum atomic E-state index is -0.612. The van der Waals surface area contributed by atoms with Gasteiger partial charge in [-0.3, -0.25) is 0 Å². The lowest BCUT2D eigenvalue weighted by atomic mass is 9.53. The van der Waals surface area contributed by atoms with Crippen LogP contribution in [0.3, 0.4) is 0 Å². The molecule has 1 atom stereocenters. The lowest BCUT2D eigenvalue weighted by Gasteiger charge is -2.50. The summed E-state index contributed by atoms with van der Waals surface area (Å²) in [6.07, 6.45) is 0. The Morgan fingerprint density at radius 2 is 0.786 bits per heavy atom. The van der Waals surface area contributed by atoms with E-state index in [1.54, 1.807) is 0 Å². The summed E-state index contributed by atoms with van der Waals surface area (Å²) in [7, 11) is 0. The van der Waals surface area contributed by atoms with Crippen LogP contribution >= 0.6 is 0 Å². The summed E-state index contributed by atoms with van der Waals surface area (Å²) in [6, 6.07) is 80.6. The lowest BCUT2D eigenvalue weighted by Crippen LogP contribution is -2.43. The molecular weight excluding hydrogens is 845 g/mol. The Hall–Kier alpha value is -7.74. The Bertz CT molecular complexity index is 3730. The standard InChI is InChI=1S/C69H54O/c1-66(2)53-21-11-9-19-49(53)51-35-31-46(40-60(51)66)64(47-32-36-52-50-20-10-12-22-54(50)67(3,4)61(52)41-47)44-29-27-42(28-30-44)45-34-37-56-62(39-45)69(57-24-14-13-23-55(57)68(56,5)6)58-25-15-16-26-63(58)70-65-48-18-8-7-17-43(48)33-38-59(65)69/h7-41,64H,1-6H3. The Kier molecular flexibility index (Phi) is 8.49. The maximum atomic E-state index is 7.03. The molecule has 10 aromatic carbocycles. The van der Waals surface area contributed by atoms with Gasteiger partial charge in [-0.1, -0.05) is 242 Å². The monoisotopic (exact) mass is 898 g/mol. The second-order valence-electron chi connectivity index (χ2n) is 21.9. The van der Waals surface area contributed by atoms with Gasteiger partial charge >= 0.3 is 0 Å². The number of ether oxygens (including phenoxy) is 1. The molecule has 336 valence electrons. The Morgan fingerprint density at radius 3 is 1.44 bits per heavy atom. The zero-order valence-electron chi connectivity index (χ0n) is 40.7. The molecule has 0 saturated heterocycles. The molecule has 1 nitrogen and oxygen atoms in total. The van der Waals surface area contributed by atoms with E-state index >= 15 is 0 Å². The van der Waals surface area contributed by atoms with Crippen LogP contribution in [-0.2, 0) is 21.7 Å². The van der Waals surface area contributed by atoms with Crippen molar-refractivity contribution < 1.29 is 4.74 Å². The number of fused-ring (bicyclic) bond motifs is 16. The molecule has 1 heteroatoms. The fourth-order valence-corrected chi connectivity index (χ4v) is 13.8. The normalized spacial score (nSPS) is 17.6. The largest absolute Gasteiger partial charge is 0.456 e. The molecule has 1 aliphatic heterocycles. The summed E-state index contributed by atoms with van der Waals surface area (Å²) >= 11 is 0. The Labute approximate surface area is 412 Å². The van der Waals surface area contributed by atoms with Crippen molar-refractivity contribution in [2.75, 3.05) is 0 Å². The molecular formula is C69H54O. The Morgan fingerprint density at radius 1 is 0.314 bits per heavy atom. The highest BCUT2D eigenvalue weighted by Gasteiger charge is 2.53. The molecule has 4 aliphatic rings. The first-order valence-corrected chi connectivity index (χ1v) is 25.1. The van der Waals surface area contributed by atoms with Crippen LogP contribution in [0.5, 0.6) is 11.5 Å². The van der Waals surface area contributed by atoms with Crippen molar-refractivity contribution in [3.63, 3.8) is 0 Å². The van der Waals surface area contributed by atoms with E-state index in [4.69, 9.17) is 4.74 Å². The van der Waals surface area contributed by atoms with E-state index < -0.39 is 5.41 Å². The van der Waals surface area contributed by atoms with E-state index in [2.05, 4.69) is 254 Å². The molecule has 0 amide bonds. The summed E-state index contributed by atoms with van der Waals surface area (Å²) < 4.78 is 7.03. The maximum Gasteiger partial charge on any atom is 0.140 e. The first-order chi connectivity index (χ1) is 34.0. The van der Waals surface area contributed by atoms with E-state index in [1.165, 1.54) is 111 Å². The molecule has 70 heavy (non-hydrogen) atoms. The molecule has 0 fully saturated rings. The number of hydrogen-bond acceptors (Lipinski definition) is 1. The van der Waals surface area contributed by atoms with Gasteiger partial charge in [-0.2, -0.15) is 0 Å². The molecule has 1 heterocycles. The predicted molar refractivity (Wildman–Crippen MR) is 289 cm³/mol. The van der Waals surface area contributed by atoms with Gasteiger partial charge in [-0.25, -0.2) is 0 Å². The van der Waals surface area contributed by atoms with Crippen LogP contribution < -0.4 is 4.74 Å². The molecule has 0 N–H and O–H groups in total. The highest BCUT2D eigenvalue weighted by Crippen LogP contribution is 2.63. The van der Waals surface area contributed by atoms with Gasteiger partial charge in [0.25, 0.3) is 0 Å². The highest BCUT2D eigenvalue weighted by molar-refractivity contribution is 5.93. The molecule has 1 unspecified atom stereocenters. The highest BCUT2D eigenvalue weighted by atomic mass is 16.5. The fourth-order valence-electron chi connectivity index (χ4n) is 13.8. The average Bonchev–Trinajstić information content (AvgIpc) is 3.76. The van der Waals surface area contributed by atoms with Crippen LogP contribution in [0.2, 0.25) is 0 Å². The first kappa shape index (κ1) is 41.3. The maximum absolute atomic E-state index is 7.03. The van der Waals surface area contributed by atoms with Crippen molar-refractivity contribution in [1.82, 2.24) is 0 Å². The van der Waals surface area contributed by atoms with Crippen molar-refractivity contribution in [1.29, 1.82) is 0 Å². The third-order valence-corrected chi connectivity index (χ3v) is 17.3. The molecule has 0 radical (unpaired) electrons. The van der Waals surface area contributed by atoms with Gasteiger partial charge in [0.2, 0.25) is 0 Å². The van der Waals surface area contributed by atoms with E-state index in [1.807, 2.05) is 0 Å². The molecule has 3 aliphatic carbocycles. The number of benzene rings is 10. The van der Waals surface area contributed by atoms with Crippen molar-refractivity contribution in [3.05, 3.63) is 285 Å². The summed E-state index contributed by atoms with van der Waals surface area (Å²) in [6.45, 7) is 14.4. The van der Waals surface area contributed by atoms with Crippen molar-refractivity contribution in [2.24, 2.45) is 0 Å². The van der Waals surface area contributed by atoms with Gasteiger partial charge in [0.15, 0.2) is 0 Å². The van der Waals surface area contributed by atoms with Gasteiger partial charge in [0.05, 0.1) is 5.41 Å². The van der Waals surface area contributed by atoms with Gasteiger partial charge in [-0.05, 0) is 112 Å². The number of rotatable bonds is 4. The lowest BCUT2D eigenvalue weighted by molar-refractivity contribution is 0.430. The van der Waals surface area contributed by atoms with Crippen LogP contribution in [0.4, 0.5) is 0 Å². The molecule has 0 aromatic heterocycles. The molecule has 10 aromatic rings. The van der Waals surface area contributed by atoms with Crippen molar-refractivity contribution in [2.45, 2.75) is 69.1 Å². The second-order valence-corrected chi connectivity index (χ2v) is 21.9. The summed E-state index contributed by atoms with van der Waals surface area (Å²) in [5, 5.41) is 2.31. The fraction of sp³-hybridized carbons (Fsp3) is 0.159. The summed E-state index contributed by atoms with van der Waals surface area (Å²) in [5.74, 6) is 1.87. The second kappa shape index (κ2) is 14.4. The van der Waals surface area contributed by atoms with E-state index in [9.17, 15) is 0 Å². The molecule has 14 rings (SSSR count). The molecule has 1 spiro atoms. The van der Waals surface area contributed by atoms with Crippen molar-refractivity contribution in [3.8, 4) is 44.9 Å². The van der Waals surface area contributed by atoms with E-state index in [-0.39, 0.29) is 22.2 Å². The average molecular weight is 899 g/mol. The number of hydrogen-bond donors (Lipinski definition) is 0. The van der Waals surface area contributed by atoms with E-state index in [0.717, 1.165) is 16.9 Å². The summed E-state index contributed by atoms with van der Waals surface area (Å²) in [5.41, 5.74) is 24.0. The van der Waals surface area contributed by atoms with Crippen LogP contribution in [0.25, 0.3) is 44.2 Å². The smallest absolute Gasteiger partial charge is 0.140 e. The zero-order chi connectivity index (χ0) is 47.3. The molecule has 0 bridgehead atoms. The number of para-hydroxylation sites is 1. The topological polar surface area (TPSA) is 9.23 Å². The van der Waals surface area contributed by atoms with Crippen LogP contribution in [0.1, 0.15) is 120 Å². The van der Waals surface area contributed by atoms with Gasteiger partial charge in [-0.15, -0.1) is 0 Å². The first-order valence-electron chi connectivity index (χ1n) is 25.1. The summed E-state index contributed by atoms with van der Waals surface area (Å²) in [4.78, 5) is 0. The SMILES string of the molecule is CC1(C)c2ccccc2-c2ccc(C(c3ccc(-c4ccc5c(c4)C4(c6ccccc6Oc6c4ccc4ccccc64)c4ccccc4C5(C)C)cc3)c3ccc4c(c3)C(C)(C)c3ccccc3-4)cc21. The minimum Gasteiger partial charge on any atom is -0.456 e. The molecule has 0 saturated carbocycles. The minimum absolute atomic E-state index is 0.0258. The van der Waals surface area contributed by atoms with Crippen LogP contribution in [0.15, 0.2) is 212 Å².